The zero-order chi connectivity index (χ0) is 13.8. The van der Waals surface area contributed by atoms with Crippen LogP contribution in [0.5, 0.6) is 0 Å². The third kappa shape index (κ3) is 2.40. The molecule has 2 heterocycles. The maximum absolute atomic E-state index is 7.42. The summed E-state index contributed by atoms with van der Waals surface area (Å²) in [4.78, 5) is 8.65. The fourth-order valence-corrected chi connectivity index (χ4v) is 2.33. The van der Waals surface area contributed by atoms with Gasteiger partial charge in [-0.1, -0.05) is 24.3 Å². The van der Waals surface area contributed by atoms with Gasteiger partial charge in [-0.2, -0.15) is 5.11 Å². The van der Waals surface area contributed by atoms with Crippen LogP contribution in [0.2, 0.25) is 0 Å². The molecule has 4 heteroatoms. The summed E-state index contributed by atoms with van der Waals surface area (Å²) < 4.78 is 0. The van der Waals surface area contributed by atoms with Crippen LogP contribution in [0.3, 0.4) is 0 Å². The van der Waals surface area contributed by atoms with E-state index in [9.17, 15) is 0 Å². The van der Waals surface area contributed by atoms with Gasteiger partial charge in [-0.05, 0) is 29.8 Å². The molecule has 3 aromatic rings. The molecule has 98 valence electrons. The molecule has 0 aliphatic rings. The van der Waals surface area contributed by atoms with E-state index < -0.39 is 0 Å². The van der Waals surface area contributed by atoms with E-state index in [-0.39, 0.29) is 6.04 Å². The molecular formula is C16H14N4. The monoisotopic (exact) mass is 262 g/mol. The summed E-state index contributed by atoms with van der Waals surface area (Å²) in [6, 6.07) is 15.5. The van der Waals surface area contributed by atoms with Crippen LogP contribution in [-0.2, 0) is 6.42 Å². The molecule has 1 N–H and O–H groups in total. The zero-order valence-corrected chi connectivity index (χ0v) is 10.9. The van der Waals surface area contributed by atoms with E-state index in [1.807, 2.05) is 42.5 Å². The summed E-state index contributed by atoms with van der Waals surface area (Å²) in [5, 5.41) is 4.84. The van der Waals surface area contributed by atoms with Crippen LogP contribution < -0.4 is 0 Å². The van der Waals surface area contributed by atoms with Gasteiger partial charge < -0.3 is 0 Å². The lowest BCUT2D eigenvalue weighted by Gasteiger charge is -2.11. The van der Waals surface area contributed by atoms with Gasteiger partial charge in [-0.3, -0.25) is 9.97 Å². The second kappa shape index (κ2) is 5.57. The number of nitrogens with one attached hydrogen (secondary N) is 1. The fraction of sp³-hybridized carbons (Fsp3) is 0.125. The number of para-hydroxylation sites is 1. The van der Waals surface area contributed by atoms with Crippen LogP contribution in [-0.4, -0.2) is 9.97 Å². The summed E-state index contributed by atoms with van der Waals surface area (Å²) in [6.45, 7) is 0. The molecule has 0 spiro atoms. The Balaban J connectivity index is 1.98. The molecule has 1 unspecified atom stereocenters. The van der Waals surface area contributed by atoms with Crippen molar-refractivity contribution >= 4 is 10.9 Å². The Labute approximate surface area is 117 Å². The van der Waals surface area contributed by atoms with E-state index in [1.165, 1.54) is 0 Å². The predicted molar refractivity (Wildman–Crippen MR) is 77.6 cm³/mol. The molecule has 20 heavy (non-hydrogen) atoms. The van der Waals surface area contributed by atoms with E-state index in [4.69, 9.17) is 5.53 Å². The van der Waals surface area contributed by atoms with Crippen LogP contribution in [0.25, 0.3) is 10.9 Å². The summed E-state index contributed by atoms with van der Waals surface area (Å²) in [7, 11) is 0. The molecule has 0 saturated heterocycles. The first-order valence-corrected chi connectivity index (χ1v) is 6.48. The van der Waals surface area contributed by atoms with Gasteiger partial charge >= 0.3 is 0 Å². The van der Waals surface area contributed by atoms with Crippen LogP contribution in [0, 0.1) is 5.53 Å². The molecule has 3 rings (SSSR count). The molecule has 2 aromatic heterocycles. The standard InChI is InChI=1S/C16H14N4/c17-20-16(15-7-3-4-9-18-15)11-12-8-10-19-14-6-2-1-5-13(12)14/h1-10,16-17H,11H2. The molecule has 0 aliphatic heterocycles. The Morgan fingerprint density at radius 2 is 1.80 bits per heavy atom. The number of nitrogens with zero attached hydrogens (tertiary/aromatic N) is 3. The normalized spacial score (nSPS) is 12.2. The average Bonchev–Trinajstić information content (AvgIpc) is 2.53. The van der Waals surface area contributed by atoms with E-state index in [0.717, 1.165) is 22.2 Å². The van der Waals surface area contributed by atoms with Gasteiger partial charge in [0.05, 0.1) is 11.2 Å². The van der Waals surface area contributed by atoms with Crippen molar-refractivity contribution in [3.05, 3.63) is 72.2 Å². The van der Waals surface area contributed by atoms with Gasteiger partial charge in [0.25, 0.3) is 0 Å². The van der Waals surface area contributed by atoms with Gasteiger partial charge in [0, 0.05) is 24.2 Å². The van der Waals surface area contributed by atoms with Crippen molar-refractivity contribution in [2.45, 2.75) is 12.5 Å². The topological polar surface area (TPSA) is 62.0 Å². The Hall–Kier alpha value is -2.62. The van der Waals surface area contributed by atoms with E-state index >= 15 is 0 Å². The smallest absolute Gasteiger partial charge is 0.116 e. The third-order valence-corrected chi connectivity index (χ3v) is 3.34. The van der Waals surface area contributed by atoms with Gasteiger partial charge in [-0.25, -0.2) is 5.53 Å². The first kappa shape index (κ1) is 12.4. The van der Waals surface area contributed by atoms with Crippen molar-refractivity contribution in [1.29, 1.82) is 5.53 Å². The van der Waals surface area contributed by atoms with Crippen molar-refractivity contribution < 1.29 is 0 Å². The summed E-state index contributed by atoms with van der Waals surface area (Å²) in [5.41, 5.74) is 10.4. The molecule has 1 aromatic carbocycles. The summed E-state index contributed by atoms with van der Waals surface area (Å²) in [5.74, 6) is 0. The molecule has 0 aliphatic carbocycles. The minimum absolute atomic E-state index is 0.248. The van der Waals surface area contributed by atoms with E-state index in [2.05, 4.69) is 21.1 Å². The highest BCUT2D eigenvalue weighted by Gasteiger charge is 2.13. The molecule has 0 saturated carbocycles. The van der Waals surface area contributed by atoms with Crippen molar-refractivity contribution in [3.63, 3.8) is 0 Å². The number of fused-ring (bicyclic) bond motifs is 1. The molecule has 0 bridgehead atoms. The minimum atomic E-state index is -0.248. The number of hydrogen-bond donors (Lipinski definition) is 1. The van der Waals surface area contributed by atoms with Crippen LogP contribution >= 0.6 is 0 Å². The molecule has 1 atom stereocenters. The second-order valence-electron chi connectivity index (χ2n) is 4.59. The van der Waals surface area contributed by atoms with Crippen molar-refractivity contribution in [3.8, 4) is 0 Å². The van der Waals surface area contributed by atoms with E-state index in [0.29, 0.717) is 6.42 Å². The lowest BCUT2D eigenvalue weighted by molar-refractivity contribution is 0.645. The predicted octanol–water partition coefficient (Wildman–Crippen LogP) is 3.94. The number of aromatic nitrogens is 2. The molecule has 0 radical (unpaired) electrons. The Morgan fingerprint density at radius 3 is 2.60 bits per heavy atom. The van der Waals surface area contributed by atoms with Crippen molar-refractivity contribution in [2.24, 2.45) is 5.11 Å². The van der Waals surface area contributed by atoms with Crippen LogP contribution in [0.15, 0.2) is 66.0 Å². The Kier molecular flexibility index (Phi) is 3.46. The molecular weight excluding hydrogens is 248 g/mol. The highest BCUT2D eigenvalue weighted by Crippen LogP contribution is 2.24. The Bertz CT molecular complexity index is 719. The fourth-order valence-electron chi connectivity index (χ4n) is 2.33. The van der Waals surface area contributed by atoms with Crippen LogP contribution in [0.4, 0.5) is 0 Å². The largest absolute Gasteiger partial charge is 0.259 e. The van der Waals surface area contributed by atoms with Gasteiger partial charge in [0.15, 0.2) is 0 Å². The quantitative estimate of drug-likeness (QED) is 0.724. The number of rotatable bonds is 4. The summed E-state index contributed by atoms with van der Waals surface area (Å²) >= 11 is 0. The number of benzene rings is 1. The molecule has 0 fully saturated rings. The van der Waals surface area contributed by atoms with Crippen molar-refractivity contribution in [1.82, 2.24) is 9.97 Å². The lowest BCUT2D eigenvalue weighted by atomic mass is 10.00. The SMILES string of the molecule is N=NC(Cc1ccnc2ccccc12)c1ccccn1. The third-order valence-electron chi connectivity index (χ3n) is 3.34. The Morgan fingerprint density at radius 1 is 0.950 bits per heavy atom. The first-order valence-electron chi connectivity index (χ1n) is 6.48. The maximum atomic E-state index is 7.42. The van der Waals surface area contributed by atoms with Gasteiger partial charge in [-0.15, -0.1) is 0 Å². The summed E-state index contributed by atoms with van der Waals surface area (Å²) in [6.07, 6.45) is 4.19. The van der Waals surface area contributed by atoms with E-state index in [1.54, 1.807) is 12.4 Å². The van der Waals surface area contributed by atoms with Gasteiger partial charge in [0.2, 0.25) is 0 Å². The van der Waals surface area contributed by atoms with Crippen molar-refractivity contribution in [2.75, 3.05) is 0 Å². The maximum Gasteiger partial charge on any atom is 0.116 e. The first-order chi connectivity index (χ1) is 9.88. The number of pyridine rings is 2. The second-order valence-corrected chi connectivity index (χ2v) is 4.59. The number of hydrogen-bond acceptors (Lipinski definition) is 4. The average molecular weight is 262 g/mol. The zero-order valence-electron chi connectivity index (χ0n) is 10.9. The minimum Gasteiger partial charge on any atom is -0.259 e. The lowest BCUT2D eigenvalue weighted by Crippen LogP contribution is -2.02. The highest BCUT2D eigenvalue weighted by molar-refractivity contribution is 5.81. The molecule has 4 nitrogen and oxygen atoms in total. The highest BCUT2D eigenvalue weighted by atomic mass is 15.0. The molecule has 0 amide bonds. The van der Waals surface area contributed by atoms with Crippen LogP contribution in [0.1, 0.15) is 17.3 Å². The van der Waals surface area contributed by atoms with Gasteiger partial charge in [0.1, 0.15) is 6.04 Å².